The normalized spacial score (nSPS) is 11.1. The van der Waals surface area contributed by atoms with Gasteiger partial charge in [-0.3, -0.25) is 0 Å². The first-order valence-electron chi connectivity index (χ1n) is 8.98. The van der Waals surface area contributed by atoms with Crippen LogP contribution in [-0.4, -0.2) is 13.2 Å². The zero-order valence-corrected chi connectivity index (χ0v) is 15.7. The molecule has 0 bridgehead atoms. The lowest BCUT2D eigenvalue weighted by Gasteiger charge is -2.11. The van der Waals surface area contributed by atoms with E-state index in [1.54, 1.807) is 12.1 Å². The molecule has 0 aromatic heterocycles. The minimum atomic E-state index is -0.135. The van der Waals surface area contributed by atoms with Gasteiger partial charge in [-0.15, -0.1) is 0 Å². The fraction of sp³-hybridized carbons (Fsp3) is 0.455. The quantitative estimate of drug-likeness (QED) is 0.551. The first-order valence-corrected chi connectivity index (χ1v) is 8.98. The summed E-state index contributed by atoms with van der Waals surface area (Å²) in [5, 5.41) is 0. The predicted molar refractivity (Wildman–Crippen MR) is 99.2 cm³/mol. The molecule has 2 aromatic carbocycles. The zero-order valence-electron chi connectivity index (χ0n) is 15.7. The van der Waals surface area contributed by atoms with E-state index < -0.39 is 0 Å². The predicted octanol–water partition coefficient (Wildman–Crippen LogP) is 5.78. The second kappa shape index (κ2) is 9.10. The summed E-state index contributed by atoms with van der Waals surface area (Å²) in [7, 11) is 0. The highest BCUT2D eigenvalue weighted by molar-refractivity contribution is 5.35. The van der Waals surface area contributed by atoms with Crippen molar-refractivity contribution in [1.29, 1.82) is 0 Å². The van der Waals surface area contributed by atoms with Crippen LogP contribution < -0.4 is 0 Å². The van der Waals surface area contributed by atoms with Crippen molar-refractivity contribution in [3.63, 3.8) is 0 Å². The van der Waals surface area contributed by atoms with Gasteiger partial charge in [0.1, 0.15) is 11.6 Å². The molecule has 0 amide bonds. The summed E-state index contributed by atoms with van der Waals surface area (Å²) in [6.07, 6.45) is 3.67. The Hall–Kier alpha value is -1.74. The molecule has 2 rings (SSSR count). The van der Waals surface area contributed by atoms with E-state index in [9.17, 15) is 8.78 Å². The second-order valence-corrected chi connectivity index (χ2v) is 6.73. The molecule has 0 atom stereocenters. The van der Waals surface area contributed by atoms with Crippen LogP contribution in [0.1, 0.15) is 46.2 Å². The van der Waals surface area contributed by atoms with Crippen molar-refractivity contribution < 1.29 is 13.5 Å². The molecule has 0 heterocycles. The van der Waals surface area contributed by atoms with E-state index in [2.05, 4.69) is 0 Å². The van der Waals surface area contributed by atoms with Crippen LogP contribution in [0, 0.1) is 39.3 Å². The SMILES string of the molecule is Cc1c(F)ccc(CCCOCCCc2ccc(F)c(C)c2C)c1C. The van der Waals surface area contributed by atoms with Crippen molar-refractivity contribution in [1.82, 2.24) is 0 Å². The summed E-state index contributed by atoms with van der Waals surface area (Å²) < 4.78 is 32.6. The summed E-state index contributed by atoms with van der Waals surface area (Å²) in [5.41, 5.74) is 5.95. The van der Waals surface area contributed by atoms with Gasteiger partial charge in [0.25, 0.3) is 0 Å². The Kier molecular flexibility index (Phi) is 7.12. The van der Waals surface area contributed by atoms with E-state index in [-0.39, 0.29) is 11.6 Å². The number of aryl methyl sites for hydroxylation is 2. The van der Waals surface area contributed by atoms with Crippen LogP contribution in [-0.2, 0) is 17.6 Å². The molecule has 0 unspecified atom stereocenters. The Morgan fingerprint density at radius 1 is 0.640 bits per heavy atom. The van der Waals surface area contributed by atoms with Crippen molar-refractivity contribution in [2.24, 2.45) is 0 Å². The molecule has 0 saturated carbocycles. The molecule has 0 saturated heterocycles. The van der Waals surface area contributed by atoms with Gasteiger partial charge in [-0.2, -0.15) is 0 Å². The van der Waals surface area contributed by atoms with Gasteiger partial charge in [-0.05, 0) is 98.9 Å². The van der Waals surface area contributed by atoms with Gasteiger partial charge in [0, 0.05) is 13.2 Å². The average molecular weight is 346 g/mol. The zero-order chi connectivity index (χ0) is 18.4. The fourth-order valence-electron chi connectivity index (χ4n) is 3.06. The van der Waals surface area contributed by atoms with Gasteiger partial charge in [0.15, 0.2) is 0 Å². The van der Waals surface area contributed by atoms with Crippen LogP contribution >= 0.6 is 0 Å². The molecule has 136 valence electrons. The fourth-order valence-corrected chi connectivity index (χ4v) is 3.06. The van der Waals surface area contributed by atoms with E-state index in [4.69, 9.17) is 4.74 Å². The molecule has 0 aliphatic rings. The van der Waals surface area contributed by atoms with Crippen LogP contribution in [0.25, 0.3) is 0 Å². The second-order valence-electron chi connectivity index (χ2n) is 6.73. The maximum Gasteiger partial charge on any atom is 0.126 e. The van der Waals surface area contributed by atoms with Crippen molar-refractivity contribution in [2.45, 2.75) is 53.4 Å². The third kappa shape index (κ3) is 5.12. The molecule has 0 aliphatic heterocycles. The third-order valence-electron chi connectivity index (χ3n) is 5.14. The van der Waals surface area contributed by atoms with E-state index >= 15 is 0 Å². The molecule has 3 heteroatoms. The molecular weight excluding hydrogens is 318 g/mol. The maximum atomic E-state index is 13.5. The largest absolute Gasteiger partial charge is 0.381 e. The number of ether oxygens (including phenoxy) is 1. The van der Waals surface area contributed by atoms with Crippen molar-refractivity contribution in [3.8, 4) is 0 Å². The number of hydrogen-bond donors (Lipinski definition) is 0. The summed E-state index contributed by atoms with van der Waals surface area (Å²) in [6, 6.07) is 6.84. The average Bonchev–Trinajstić information content (AvgIpc) is 2.60. The van der Waals surface area contributed by atoms with Crippen molar-refractivity contribution in [3.05, 3.63) is 69.3 Å². The van der Waals surface area contributed by atoms with Gasteiger partial charge in [-0.1, -0.05) is 12.1 Å². The third-order valence-corrected chi connectivity index (χ3v) is 5.14. The Balaban J connectivity index is 1.68. The van der Waals surface area contributed by atoms with Gasteiger partial charge >= 0.3 is 0 Å². The molecule has 0 N–H and O–H groups in total. The molecule has 25 heavy (non-hydrogen) atoms. The maximum absolute atomic E-state index is 13.5. The van der Waals surface area contributed by atoms with E-state index in [0.717, 1.165) is 47.9 Å². The van der Waals surface area contributed by atoms with Crippen LogP contribution in [0.3, 0.4) is 0 Å². The van der Waals surface area contributed by atoms with Crippen LogP contribution in [0.2, 0.25) is 0 Å². The number of hydrogen-bond acceptors (Lipinski definition) is 1. The first kappa shape index (κ1) is 19.6. The number of benzene rings is 2. The molecule has 0 radical (unpaired) electrons. The number of rotatable bonds is 8. The van der Waals surface area contributed by atoms with Gasteiger partial charge in [0.05, 0.1) is 0 Å². The minimum Gasteiger partial charge on any atom is -0.381 e. The Bertz CT molecular complexity index is 661. The lowest BCUT2D eigenvalue weighted by molar-refractivity contribution is 0.129. The minimum absolute atomic E-state index is 0.135. The standard InChI is InChI=1S/C22H28F2O/c1-15-17(3)21(23)11-9-19(15)7-5-13-25-14-6-8-20-10-12-22(24)18(4)16(20)2/h9-12H,5-8,13-14H2,1-4H3. The Morgan fingerprint density at radius 3 is 1.44 bits per heavy atom. The van der Waals surface area contributed by atoms with Gasteiger partial charge in [0.2, 0.25) is 0 Å². The smallest absolute Gasteiger partial charge is 0.126 e. The highest BCUT2D eigenvalue weighted by Crippen LogP contribution is 2.19. The molecule has 0 aliphatic carbocycles. The molecule has 0 fully saturated rings. The van der Waals surface area contributed by atoms with Crippen LogP contribution in [0.15, 0.2) is 24.3 Å². The van der Waals surface area contributed by atoms with E-state index in [1.807, 2.05) is 39.8 Å². The first-order chi connectivity index (χ1) is 11.9. The van der Waals surface area contributed by atoms with Crippen molar-refractivity contribution in [2.75, 3.05) is 13.2 Å². The number of halogens is 2. The van der Waals surface area contributed by atoms with Crippen molar-refractivity contribution >= 4 is 0 Å². The molecule has 2 aromatic rings. The molecule has 1 nitrogen and oxygen atoms in total. The van der Waals surface area contributed by atoms with Crippen LogP contribution in [0.5, 0.6) is 0 Å². The van der Waals surface area contributed by atoms with E-state index in [1.165, 1.54) is 11.1 Å². The Labute approximate surface area is 150 Å². The summed E-state index contributed by atoms with van der Waals surface area (Å²) in [5.74, 6) is -0.271. The summed E-state index contributed by atoms with van der Waals surface area (Å²) >= 11 is 0. The molecular formula is C22H28F2O. The van der Waals surface area contributed by atoms with Crippen LogP contribution in [0.4, 0.5) is 8.78 Å². The molecule has 0 spiro atoms. The van der Waals surface area contributed by atoms with Gasteiger partial charge < -0.3 is 4.74 Å². The lowest BCUT2D eigenvalue weighted by Crippen LogP contribution is -2.03. The monoisotopic (exact) mass is 346 g/mol. The topological polar surface area (TPSA) is 9.23 Å². The summed E-state index contributed by atoms with van der Waals surface area (Å²) in [6.45, 7) is 9.01. The highest BCUT2D eigenvalue weighted by atomic mass is 19.1. The lowest BCUT2D eigenvalue weighted by atomic mass is 9.99. The highest BCUT2D eigenvalue weighted by Gasteiger charge is 2.07. The summed E-state index contributed by atoms with van der Waals surface area (Å²) in [4.78, 5) is 0. The van der Waals surface area contributed by atoms with E-state index in [0.29, 0.717) is 13.2 Å². The van der Waals surface area contributed by atoms with Gasteiger partial charge in [-0.25, -0.2) is 8.78 Å². The Morgan fingerprint density at radius 2 is 1.04 bits per heavy atom.